The minimum atomic E-state index is 0.384. The molecule has 0 aromatic heterocycles. The highest BCUT2D eigenvalue weighted by molar-refractivity contribution is 4.43. The maximum Gasteiger partial charge on any atom is 0.000781 e. The van der Waals surface area contributed by atoms with E-state index in [0.29, 0.717) is 6.04 Å². The van der Waals surface area contributed by atoms with Crippen molar-refractivity contribution in [2.45, 2.75) is 40.2 Å². The van der Waals surface area contributed by atoms with Crippen molar-refractivity contribution in [3.63, 3.8) is 0 Å². The van der Waals surface area contributed by atoms with E-state index in [2.05, 4.69) is 6.92 Å². The van der Waals surface area contributed by atoms with Crippen LogP contribution in [0.15, 0.2) is 0 Å². The molecule has 0 aromatic rings. The second kappa shape index (κ2) is 9.35. The monoisotopic (exact) mass is 103 g/mol. The van der Waals surface area contributed by atoms with Crippen LogP contribution in [-0.4, -0.2) is 6.04 Å². The molecule has 0 rings (SSSR count). The lowest BCUT2D eigenvalue weighted by atomic mass is 10.3. The summed E-state index contributed by atoms with van der Waals surface area (Å²) in [5, 5.41) is 0. The molecule has 0 aromatic carbocycles. The molecular weight excluding hydrogens is 86.1 g/mol. The summed E-state index contributed by atoms with van der Waals surface area (Å²) in [4.78, 5) is 0. The van der Waals surface area contributed by atoms with Crippen LogP contribution in [0, 0.1) is 0 Å². The fourth-order valence-electron chi connectivity index (χ4n) is 0. The van der Waals surface area contributed by atoms with Gasteiger partial charge in [-0.2, -0.15) is 0 Å². The maximum atomic E-state index is 5.29. The molecule has 1 nitrogen and oxygen atoms in total. The van der Waals surface area contributed by atoms with Crippen LogP contribution in [0.25, 0.3) is 0 Å². The molecule has 0 unspecified atom stereocenters. The topological polar surface area (TPSA) is 26.0 Å². The van der Waals surface area contributed by atoms with Gasteiger partial charge in [0.1, 0.15) is 0 Å². The van der Waals surface area contributed by atoms with Gasteiger partial charge in [0, 0.05) is 6.04 Å². The van der Waals surface area contributed by atoms with Crippen molar-refractivity contribution in [1.82, 2.24) is 0 Å². The summed E-state index contributed by atoms with van der Waals surface area (Å²) in [5.41, 5.74) is 5.29. The van der Waals surface area contributed by atoms with Crippen molar-refractivity contribution >= 4 is 0 Å². The third-order valence-electron chi connectivity index (χ3n) is 0.644. The summed E-state index contributed by atoms with van der Waals surface area (Å²) in [6.07, 6.45) is 1.08. The van der Waals surface area contributed by atoms with Gasteiger partial charge < -0.3 is 5.73 Å². The minimum absolute atomic E-state index is 0.384. The minimum Gasteiger partial charge on any atom is -0.328 e. The Labute approximate surface area is 46.9 Å². The lowest BCUT2D eigenvalue weighted by Gasteiger charge is -1.91. The Hall–Kier alpha value is -0.0400. The van der Waals surface area contributed by atoms with Crippen molar-refractivity contribution in [3.8, 4) is 0 Å². The van der Waals surface area contributed by atoms with Crippen molar-refractivity contribution in [2.75, 3.05) is 0 Å². The molecule has 0 aliphatic rings. The summed E-state index contributed by atoms with van der Waals surface area (Å²) in [7, 11) is 0. The Kier molecular flexibility index (Phi) is 13.4. The summed E-state index contributed by atoms with van der Waals surface area (Å²) >= 11 is 0. The van der Waals surface area contributed by atoms with E-state index in [1.165, 1.54) is 0 Å². The first-order valence-corrected chi connectivity index (χ1v) is 3.03. The van der Waals surface area contributed by atoms with E-state index in [-0.39, 0.29) is 0 Å². The zero-order valence-electron chi connectivity index (χ0n) is 5.86. The molecule has 0 aliphatic carbocycles. The van der Waals surface area contributed by atoms with E-state index < -0.39 is 0 Å². The average Bonchev–Trinajstić information content (AvgIpc) is 1.73. The molecule has 46 valence electrons. The number of nitrogens with two attached hydrogens (primary N) is 1. The van der Waals surface area contributed by atoms with Gasteiger partial charge in [-0.25, -0.2) is 0 Å². The quantitative estimate of drug-likeness (QED) is 0.537. The van der Waals surface area contributed by atoms with Gasteiger partial charge in [0.25, 0.3) is 0 Å². The van der Waals surface area contributed by atoms with Gasteiger partial charge in [-0.15, -0.1) is 0 Å². The molecule has 0 fully saturated rings. The van der Waals surface area contributed by atoms with Crippen LogP contribution in [0.1, 0.15) is 34.1 Å². The van der Waals surface area contributed by atoms with Gasteiger partial charge >= 0.3 is 0 Å². The molecule has 0 spiro atoms. The molecule has 0 saturated heterocycles. The molecule has 0 bridgehead atoms. The van der Waals surface area contributed by atoms with Gasteiger partial charge in [-0.1, -0.05) is 20.8 Å². The second-order valence-corrected chi connectivity index (χ2v) is 1.39. The van der Waals surface area contributed by atoms with E-state index in [9.17, 15) is 0 Å². The summed E-state index contributed by atoms with van der Waals surface area (Å²) in [6, 6.07) is 0.384. The number of hydrogen-bond donors (Lipinski definition) is 1. The first-order valence-electron chi connectivity index (χ1n) is 3.03. The van der Waals surface area contributed by atoms with Gasteiger partial charge in [-0.3, -0.25) is 0 Å². The largest absolute Gasteiger partial charge is 0.328 e. The zero-order valence-corrected chi connectivity index (χ0v) is 5.86. The number of rotatable bonds is 1. The third kappa shape index (κ3) is 24.3. The van der Waals surface area contributed by atoms with Crippen molar-refractivity contribution in [3.05, 3.63) is 0 Å². The predicted molar refractivity (Wildman–Crippen MR) is 35.3 cm³/mol. The highest BCUT2D eigenvalue weighted by Crippen LogP contribution is 1.77. The average molecular weight is 103 g/mol. The van der Waals surface area contributed by atoms with Crippen LogP contribution < -0.4 is 5.73 Å². The summed E-state index contributed by atoms with van der Waals surface area (Å²) in [5.74, 6) is 0. The van der Waals surface area contributed by atoms with Crippen LogP contribution in [-0.2, 0) is 0 Å². The fraction of sp³-hybridized carbons (Fsp3) is 1.00. The fourth-order valence-corrected chi connectivity index (χ4v) is 0. The Bertz CT molecular complexity index is 18.1. The van der Waals surface area contributed by atoms with Crippen molar-refractivity contribution in [2.24, 2.45) is 5.73 Å². The number of hydrogen-bond acceptors (Lipinski definition) is 1. The van der Waals surface area contributed by atoms with E-state index in [1.54, 1.807) is 0 Å². The lowest BCUT2D eigenvalue weighted by molar-refractivity contribution is 0.715. The molecule has 1 heteroatoms. The molecule has 0 saturated carbocycles. The Balaban J connectivity index is 0. The first-order chi connectivity index (χ1) is 3.27. The van der Waals surface area contributed by atoms with Gasteiger partial charge in [-0.05, 0) is 13.3 Å². The third-order valence-corrected chi connectivity index (χ3v) is 0.644. The highest BCUT2D eigenvalue weighted by Gasteiger charge is 1.79. The van der Waals surface area contributed by atoms with Crippen LogP contribution in [0.5, 0.6) is 0 Å². The second-order valence-electron chi connectivity index (χ2n) is 1.39. The standard InChI is InChI=1S/C4H11N.C2H6/c1-3-4(2)5;1-2/h4H,3,5H2,1-2H3;1-2H3/t4-;/m0./s1. The molecule has 0 amide bonds. The molecule has 7 heavy (non-hydrogen) atoms. The molecule has 0 heterocycles. The van der Waals surface area contributed by atoms with E-state index >= 15 is 0 Å². The molecule has 0 radical (unpaired) electrons. The normalized spacial score (nSPS) is 11.6. The van der Waals surface area contributed by atoms with Gasteiger partial charge in [0.05, 0.1) is 0 Å². The smallest absolute Gasteiger partial charge is 0.000781 e. The molecule has 0 aliphatic heterocycles. The Morgan fingerprint density at radius 2 is 1.57 bits per heavy atom. The van der Waals surface area contributed by atoms with E-state index in [0.717, 1.165) is 6.42 Å². The molecular formula is C6H17N. The van der Waals surface area contributed by atoms with Crippen LogP contribution >= 0.6 is 0 Å². The summed E-state index contributed by atoms with van der Waals surface area (Å²) in [6.45, 7) is 8.07. The summed E-state index contributed by atoms with van der Waals surface area (Å²) < 4.78 is 0. The van der Waals surface area contributed by atoms with Crippen molar-refractivity contribution < 1.29 is 0 Å². The van der Waals surface area contributed by atoms with Gasteiger partial charge in [0.15, 0.2) is 0 Å². The zero-order chi connectivity index (χ0) is 6.28. The predicted octanol–water partition coefficient (Wildman–Crippen LogP) is 1.77. The van der Waals surface area contributed by atoms with Crippen molar-refractivity contribution in [1.29, 1.82) is 0 Å². The molecule has 1 atom stereocenters. The Morgan fingerprint density at radius 1 is 1.43 bits per heavy atom. The van der Waals surface area contributed by atoms with Crippen LogP contribution in [0.2, 0.25) is 0 Å². The lowest BCUT2D eigenvalue weighted by Crippen LogP contribution is -2.11. The van der Waals surface area contributed by atoms with Crippen LogP contribution in [0.3, 0.4) is 0 Å². The SMILES string of the molecule is CC.CC[C@H](C)N. The highest BCUT2D eigenvalue weighted by atomic mass is 14.6. The van der Waals surface area contributed by atoms with Gasteiger partial charge in [0.2, 0.25) is 0 Å². The van der Waals surface area contributed by atoms with E-state index in [1.807, 2.05) is 20.8 Å². The maximum absolute atomic E-state index is 5.29. The Morgan fingerprint density at radius 3 is 1.57 bits per heavy atom. The first kappa shape index (κ1) is 10.0. The molecule has 2 N–H and O–H groups in total. The van der Waals surface area contributed by atoms with E-state index in [4.69, 9.17) is 5.73 Å². The van der Waals surface area contributed by atoms with Crippen LogP contribution in [0.4, 0.5) is 0 Å².